The van der Waals surface area contributed by atoms with Crippen LogP contribution in [-0.2, 0) is 19.6 Å². The molecular formula is C12H15F2N3O4S. The van der Waals surface area contributed by atoms with E-state index in [0.29, 0.717) is 6.07 Å². The molecule has 2 rings (SSSR count). The van der Waals surface area contributed by atoms with Gasteiger partial charge < -0.3 is 4.74 Å². The predicted molar refractivity (Wildman–Crippen MR) is 73.9 cm³/mol. The standard InChI is InChI=1S/C12H15F2N3O4S/c1-2-21-12(18)8-6-15-16-11(8)22(19,20)17-7-3-4-9(13)10(14)5-7/h3-5,8,11,15-17H,2,6H2,1H3. The van der Waals surface area contributed by atoms with Crippen molar-refractivity contribution in [3.63, 3.8) is 0 Å². The largest absolute Gasteiger partial charge is 0.466 e. The number of sulfonamides is 1. The number of anilines is 1. The van der Waals surface area contributed by atoms with Gasteiger partial charge in [0.1, 0.15) is 5.92 Å². The number of nitrogens with one attached hydrogen (secondary N) is 3. The molecule has 1 aliphatic rings. The van der Waals surface area contributed by atoms with Gasteiger partial charge in [0, 0.05) is 12.6 Å². The van der Waals surface area contributed by atoms with E-state index >= 15 is 0 Å². The van der Waals surface area contributed by atoms with E-state index in [4.69, 9.17) is 4.74 Å². The minimum absolute atomic E-state index is 0.0716. The first-order valence-corrected chi connectivity index (χ1v) is 8.01. The molecule has 0 bridgehead atoms. The molecule has 2 unspecified atom stereocenters. The van der Waals surface area contributed by atoms with Crippen LogP contribution in [-0.4, -0.2) is 32.9 Å². The number of hydrazine groups is 1. The van der Waals surface area contributed by atoms with E-state index in [1.165, 1.54) is 0 Å². The van der Waals surface area contributed by atoms with Crippen molar-refractivity contribution in [1.82, 2.24) is 10.9 Å². The summed E-state index contributed by atoms with van der Waals surface area (Å²) in [5, 5.41) is -1.29. The number of benzene rings is 1. The Kier molecular flexibility index (Phi) is 4.94. The molecule has 0 spiro atoms. The smallest absolute Gasteiger partial charge is 0.313 e. The summed E-state index contributed by atoms with van der Waals surface area (Å²) in [7, 11) is -4.07. The SMILES string of the molecule is CCOC(=O)C1CNNC1S(=O)(=O)Nc1ccc(F)c(F)c1. The molecule has 1 aliphatic heterocycles. The lowest BCUT2D eigenvalue weighted by Gasteiger charge is -2.18. The van der Waals surface area contributed by atoms with Gasteiger partial charge in [-0.1, -0.05) is 0 Å². The van der Waals surface area contributed by atoms with Crippen LogP contribution in [0.15, 0.2) is 18.2 Å². The molecule has 0 saturated carbocycles. The van der Waals surface area contributed by atoms with Crippen molar-refractivity contribution >= 4 is 21.7 Å². The lowest BCUT2D eigenvalue weighted by molar-refractivity contribution is -0.147. The van der Waals surface area contributed by atoms with Crippen LogP contribution in [0.3, 0.4) is 0 Å². The molecular weight excluding hydrogens is 320 g/mol. The Balaban J connectivity index is 2.18. The van der Waals surface area contributed by atoms with Gasteiger partial charge in [0.2, 0.25) is 0 Å². The molecule has 3 N–H and O–H groups in total. The molecule has 1 heterocycles. The fourth-order valence-electron chi connectivity index (χ4n) is 2.01. The molecule has 1 fully saturated rings. The first-order chi connectivity index (χ1) is 10.3. The summed E-state index contributed by atoms with van der Waals surface area (Å²) < 4.78 is 57.5. The number of halogens is 2. The lowest BCUT2D eigenvalue weighted by Crippen LogP contribution is -2.44. The Morgan fingerprint density at radius 2 is 2.14 bits per heavy atom. The molecule has 2 atom stereocenters. The molecule has 1 aromatic carbocycles. The zero-order valence-electron chi connectivity index (χ0n) is 11.6. The van der Waals surface area contributed by atoms with Crippen molar-refractivity contribution in [2.45, 2.75) is 12.3 Å². The Morgan fingerprint density at radius 1 is 1.41 bits per heavy atom. The maximum atomic E-state index is 13.1. The van der Waals surface area contributed by atoms with Gasteiger partial charge in [-0.25, -0.2) is 22.6 Å². The molecule has 7 nitrogen and oxygen atoms in total. The zero-order valence-corrected chi connectivity index (χ0v) is 12.4. The predicted octanol–water partition coefficient (Wildman–Crippen LogP) is 0.320. The van der Waals surface area contributed by atoms with Gasteiger partial charge >= 0.3 is 5.97 Å². The number of rotatable bonds is 5. The summed E-state index contributed by atoms with van der Waals surface area (Å²) in [4.78, 5) is 11.7. The van der Waals surface area contributed by atoms with Gasteiger partial charge in [0.25, 0.3) is 10.0 Å². The molecule has 22 heavy (non-hydrogen) atoms. The number of esters is 1. The topological polar surface area (TPSA) is 96.5 Å². The third-order valence-corrected chi connectivity index (χ3v) is 4.67. The van der Waals surface area contributed by atoms with Gasteiger partial charge in [-0.15, -0.1) is 0 Å². The van der Waals surface area contributed by atoms with Crippen molar-refractivity contribution in [2.75, 3.05) is 17.9 Å². The fourth-order valence-corrected chi connectivity index (χ4v) is 3.48. The Labute approximate surface area is 126 Å². The third kappa shape index (κ3) is 3.51. The molecule has 1 aromatic rings. The number of carbonyl (C=O) groups excluding carboxylic acids is 1. The highest BCUT2D eigenvalue weighted by Crippen LogP contribution is 2.20. The lowest BCUT2D eigenvalue weighted by atomic mass is 10.2. The number of hydrogen-bond acceptors (Lipinski definition) is 6. The highest BCUT2D eigenvalue weighted by atomic mass is 32.2. The molecule has 0 radical (unpaired) electrons. The summed E-state index contributed by atoms with van der Waals surface area (Å²) in [5.41, 5.74) is 4.89. The average molecular weight is 335 g/mol. The number of carbonyl (C=O) groups is 1. The van der Waals surface area contributed by atoms with Crippen LogP contribution in [0.5, 0.6) is 0 Å². The van der Waals surface area contributed by atoms with Crippen LogP contribution in [0.2, 0.25) is 0 Å². The van der Waals surface area contributed by atoms with Crippen LogP contribution in [0.4, 0.5) is 14.5 Å². The first-order valence-electron chi connectivity index (χ1n) is 6.47. The molecule has 1 saturated heterocycles. The zero-order chi connectivity index (χ0) is 16.3. The number of hydrogen-bond donors (Lipinski definition) is 3. The molecule has 0 aromatic heterocycles. The van der Waals surface area contributed by atoms with Gasteiger partial charge in [-0.05, 0) is 19.1 Å². The minimum atomic E-state index is -4.07. The van der Waals surface area contributed by atoms with Crippen LogP contribution in [0.1, 0.15) is 6.92 Å². The van der Waals surface area contributed by atoms with E-state index < -0.39 is 38.9 Å². The summed E-state index contributed by atoms with van der Waals surface area (Å²) in [6.45, 7) is 1.80. The summed E-state index contributed by atoms with van der Waals surface area (Å²) >= 11 is 0. The van der Waals surface area contributed by atoms with E-state index in [-0.39, 0.29) is 18.8 Å². The van der Waals surface area contributed by atoms with Gasteiger partial charge in [-0.2, -0.15) is 0 Å². The summed E-state index contributed by atoms with van der Waals surface area (Å²) in [5.74, 6) is -3.89. The second kappa shape index (κ2) is 6.55. The highest BCUT2D eigenvalue weighted by molar-refractivity contribution is 7.93. The quantitative estimate of drug-likeness (QED) is 0.671. The van der Waals surface area contributed by atoms with E-state index in [0.717, 1.165) is 12.1 Å². The first kappa shape index (κ1) is 16.6. The maximum Gasteiger partial charge on any atom is 0.313 e. The highest BCUT2D eigenvalue weighted by Gasteiger charge is 2.42. The van der Waals surface area contributed by atoms with Crippen molar-refractivity contribution in [2.24, 2.45) is 5.92 Å². The number of ether oxygens (including phenoxy) is 1. The maximum absolute atomic E-state index is 13.1. The molecule has 0 amide bonds. The van der Waals surface area contributed by atoms with Crippen molar-refractivity contribution in [3.8, 4) is 0 Å². The van der Waals surface area contributed by atoms with Gasteiger partial charge in [0.15, 0.2) is 17.0 Å². The monoisotopic (exact) mass is 335 g/mol. The summed E-state index contributed by atoms with van der Waals surface area (Å²) in [6.07, 6.45) is 0. The summed E-state index contributed by atoms with van der Waals surface area (Å²) in [6, 6.07) is 2.60. The molecule has 122 valence electrons. The van der Waals surface area contributed by atoms with Crippen molar-refractivity contribution in [3.05, 3.63) is 29.8 Å². The van der Waals surface area contributed by atoms with Crippen LogP contribution < -0.4 is 15.6 Å². The minimum Gasteiger partial charge on any atom is -0.466 e. The van der Waals surface area contributed by atoms with Crippen LogP contribution in [0, 0.1) is 17.6 Å². The Morgan fingerprint density at radius 3 is 2.77 bits per heavy atom. The van der Waals surface area contributed by atoms with E-state index in [1.807, 2.05) is 0 Å². The van der Waals surface area contributed by atoms with Crippen molar-refractivity contribution in [1.29, 1.82) is 0 Å². The van der Waals surface area contributed by atoms with Crippen LogP contribution >= 0.6 is 0 Å². The van der Waals surface area contributed by atoms with Gasteiger partial charge in [-0.3, -0.25) is 14.9 Å². The van der Waals surface area contributed by atoms with Gasteiger partial charge in [0.05, 0.1) is 12.3 Å². The normalized spacial score (nSPS) is 21.6. The Hall–Kier alpha value is -1.78. The van der Waals surface area contributed by atoms with E-state index in [2.05, 4.69) is 15.6 Å². The second-order valence-corrected chi connectivity index (χ2v) is 6.38. The van der Waals surface area contributed by atoms with E-state index in [9.17, 15) is 22.0 Å². The third-order valence-electron chi connectivity index (χ3n) is 3.04. The van der Waals surface area contributed by atoms with Crippen molar-refractivity contribution < 1.29 is 26.7 Å². The Bertz CT molecular complexity index is 668. The van der Waals surface area contributed by atoms with Crippen LogP contribution in [0.25, 0.3) is 0 Å². The second-order valence-electron chi connectivity index (χ2n) is 4.58. The average Bonchev–Trinajstić information content (AvgIpc) is 2.93. The molecule has 10 heteroatoms. The fraction of sp³-hybridized carbons (Fsp3) is 0.417. The molecule has 0 aliphatic carbocycles. The van der Waals surface area contributed by atoms with E-state index in [1.54, 1.807) is 6.92 Å².